The quantitative estimate of drug-likeness (QED) is 0.677. The van der Waals surface area contributed by atoms with Gasteiger partial charge in [0.25, 0.3) is 0 Å². The number of quaternary nitrogens is 1. The molecule has 0 spiro atoms. The molecule has 0 bridgehead atoms. The Morgan fingerprint density at radius 2 is 1.66 bits per heavy atom. The molecule has 6 nitrogen and oxygen atoms in total. The van der Waals surface area contributed by atoms with E-state index in [1.807, 2.05) is 26.2 Å². The Bertz CT molecular complexity index is 875. The Hall–Kier alpha value is -1.93. The van der Waals surface area contributed by atoms with Gasteiger partial charge in [0.15, 0.2) is 0 Å². The molecule has 7 heteroatoms. The summed E-state index contributed by atoms with van der Waals surface area (Å²) in [7, 11) is 0.472. The third-order valence-corrected chi connectivity index (χ3v) is 7.00. The van der Waals surface area contributed by atoms with Crippen LogP contribution in [-0.2, 0) is 21.2 Å². The second-order valence-electron chi connectivity index (χ2n) is 7.66. The number of hydrogen-bond donors (Lipinski definition) is 2. The first-order valence-electron chi connectivity index (χ1n) is 10.2. The van der Waals surface area contributed by atoms with Gasteiger partial charge in [-0.05, 0) is 36.2 Å². The van der Waals surface area contributed by atoms with Crippen molar-refractivity contribution in [3.63, 3.8) is 0 Å². The SMILES string of the molecule is CCc1ccc(S(=O)(=O)NC[C@@H](c2ccc(N(C)C)cc2)[NH+]2CCOCC2)cc1. The number of morpholine rings is 1. The highest BCUT2D eigenvalue weighted by molar-refractivity contribution is 7.89. The number of nitrogens with zero attached hydrogens (tertiary/aromatic N) is 1. The van der Waals surface area contributed by atoms with Crippen LogP contribution in [0.2, 0.25) is 0 Å². The van der Waals surface area contributed by atoms with Crippen LogP contribution in [0.3, 0.4) is 0 Å². The maximum absolute atomic E-state index is 12.8. The molecule has 2 aromatic carbocycles. The van der Waals surface area contributed by atoms with Crippen molar-refractivity contribution in [2.45, 2.75) is 24.3 Å². The smallest absolute Gasteiger partial charge is 0.240 e. The van der Waals surface area contributed by atoms with E-state index in [0.717, 1.165) is 36.3 Å². The second kappa shape index (κ2) is 9.71. The highest BCUT2D eigenvalue weighted by Gasteiger charge is 2.28. The standard InChI is InChI=1S/C22H31N3O3S/c1-4-18-5-11-21(12-6-18)29(26,27)23-17-22(25-13-15-28-16-14-25)19-7-9-20(10-8-19)24(2)3/h5-12,22-23H,4,13-17H2,1-3H3/p+1/t22-/m0/s1. The fourth-order valence-corrected chi connectivity index (χ4v) is 4.71. The molecule has 1 aliphatic heterocycles. The lowest BCUT2D eigenvalue weighted by atomic mass is 10.0. The minimum absolute atomic E-state index is 0.0415. The fraction of sp³-hybridized carbons (Fsp3) is 0.455. The number of hydrogen-bond acceptors (Lipinski definition) is 4. The molecule has 3 rings (SSSR count). The predicted molar refractivity (Wildman–Crippen MR) is 116 cm³/mol. The van der Waals surface area contributed by atoms with Gasteiger partial charge in [-0.1, -0.05) is 31.2 Å². The molecule has 0 aromatic heterocycles. The van der Waals surface area contributed by atoms with Crippen LogP contribution >= 0.6 is 0 Å². The number of anilines is 1. The molecule has 1 saturated heterocycles. The van der Waals surface area contributed by atoms with E-state index < -0.39 is 10.0 Å². The number of sulfonamides is 1. The number of nitrogens with one attached hydrogen (secondary N) is 2. The molecular formula is C22H32N3O3S+. The average molecular weight is 419 g/mol. The maximum atomic E-state index is 12.8. The van der Waals surface area contributed by atoms with Gasteiger partial charge in [0.1, 0.15) is 19.1 Å². The van der Waals surface area contributed by atoms with Crippen molar-refractivity contribution in [2.24, 2.45) is 0 Å². The summed E-state index contributed by atoms with van der Waals surface area (Å²) < 4.78 is 34.0. The molecule has 0 unspecified atom stereocenters. The number of rotatable bonds is 8. The summed E-state index contributed by atoms with van der Waals surface area (Å²) in [5.74, 6) is 0. The van der Waals surface area contributed by atoms with Gasteiger partial charge < -0.3 is 14.5 Å². The maximum Gasteiger partial charge on any atom is 0.240 e. The molecule has 2 aromatic rings. The van der Waals surface area contributed by atoms with Gasteiger partial charge in [-0.15, -0.1) is 0 Å². The van der Waals surface area contributed by atoms with Crippen LogP contribution in [-0.4, -0.2) is 55.4 Å². The van der Waals surface area contributed by atoms with Crippen LogP contribution in [0.5, 0.6) is 0 Å². The zero-order chi connectivity index (χ0) is 20.9. The highest BCUT2D eigenvalue weighted by Crippen LogP contribution is 2.17. The zero-order valence-corrected chi connectivity index (χ0v) is 18.3. The van der Waals surface area contributed by atoms with Gasteiger partial charge in [-0.3, -0.25) is 0 Å². The monoisotopic (exact) mass is 418 g/mol. The summed E-state index contributed by atoms with van der Waals surface area (Å²) in [5.41, 5.74) is 3.39. The first-order chi connectivity index (χ1) is 13.9. The molecular weight excluding hydrogens is 386 g/mol. The Morgan fingerprint density at radius 3 is 2.21 bits per heavy atom. The van der Waals surface area contributed by atoms with Crippen LogP contribution in [0.1, 0.15) is 24.1 Å². The van der Waals surface area contributed by atoms with Gasteiger partial charge in [0, 0.05) is 25.3 Å². The number of ether oxygens (including phenoxy) is 1. The van der Waals surface area contributed by atoms with E-state index >= 15 is 0 Å². The molecule has 0 amide bonds. The summed E-state index contributed by atoms with van der Waals surface area (Å²) in [6, 6.07) is 15.5. The summed E-state index contributed by atoms with van der Waals surface area (Å²) in [6.07, 6.45) is 0.888. The van der Waals surface area contributed by atoms with Gasteiger partial charge in [0.05, 0.1) is 24.7 Å². The van der Waals surface area contributed by atoms with Crippen LogP contribution in [0.25, 0.3) is 0 Å². The molecule has 1 fully saturated rings. The average Bonchev–Trinajstić information content (AvgIpc) is 2.75. The van der Waals surface area contributed by atoms with E-state index in [1.165, 1.54) is 4.90 Å². The molecule has 1 heterocycles. The van der Waals surface area contributed by atoms with Gasteiger partial charge in [-0.2, -0.15) is 0 Å². The van der Waals surface area contributed by atoms with Crippen LogP contribution in [0.4, 0.5) is 5.69 Å². The lowest BCUT2D eigenvalue weighted by Gasteiger charge is -2.32. The highest BCUT2D eigenvalue weighted by atomic mass is 32.2. The largest absolute Gasteiger partial charge is 0.378 e. The Labute approximate surface area is 174 Å². The van der Waals surface area contributed by atoms with E-state index in [4.69, 9.17) is 4.74 Å². The normalized spacial score (nSPS) is 16.5. The fourth-order valence-electron chi connectivity index (χ4n) is 3.67. The summed E-state index contributed by atoms with van der Waals surface area (Å²) in [4.78, 5) is 3.72. The van der Waals surface area contributed by atoms with Gasteiger partial charge in [0.2, 0.25) is 10.0 Å². The predicted octanol–water partition coefficient (Wildman–Crippen LogP) is 1.25. The zero-order valence-electron chi connectivity index (χ0n) is 17.5. The number of aryl methyl sites for hydroxylation is 1. The van der Waals surface area contributed by atoms with Crippen molar-refractivity contribution in [1.29, 1.82) is 0 Å². The molecule has 1 aliphatic rings. The van der Waals surface area contributed by atoms with E-state index in [0.29, 0.717) is 24.7 Å². The summed E-state index contributed by atoms with van der Waals surface area (Å²) in [6.45, 7) is 5.55. The second-order valence-corrected chi connectivity index (χ2v) is 9.43. The lowest BCUT2D eigenvalue weighted by Crippen LogP contribution is -3.15. The van der Waals surface area contributed by atoms with Crippen molar-refractivity contribution in [2.75, 3.05) is 51.8 Å². The topological polar surface area (TPSA) is 63.1 Å². The van der Waals surface area contributed by atoms with E-state index in [1.54, 1.807) is 12.1 Å². The van der Waals surface area contributed by atoms with Crippen LogP contribution in [0, 0.1) is 0 Å². The molecule has 0 saturated carbocycles. The van der Waals surface area contributed by atoms with E-state index in [9.17, 15) is 8.42 Å². The van der Waals surface area contributed by atoms with Gasteiger partial charge in [-0.25, -0.2) is 13.1 Å². The van der Waals surface area contributed by atoms with E-state index in [-0.39, 0.29) is 6.04 Å². The minimum atomic E-state index is -3.55. The Kier molecular flexibility index (Phi) is 7.29. The third-order valence-electron chi connectivity index (χ3n) is 5.56. The van der Waals surface area contributed by atoms with Crippen molar-refractivity contribution >= 4 is 15.7 Å². The minimum Gasteiger partial charge on any atom is -0.378 e. The van der Waals surface area contributed by atoms with Crippen molar-refractivity contribution < 1.29 is 18.1 Å². The Morgan fingerprint density at radius 1 is 1.03 bits per heavy atom. The molecule has 29 heavy (non-hydrogen) atoms. The number of benzene rings is 2. The van der Waals surface area contributed by atoms with Crippen LogP contribution in [0.15, 0.2) is 53.4 Å². The summed E-state index contributed by atoms with van der Waals surface area (Å²) in [5, 5.41) is 0. The van der Waals surface area contributed by atoms with Gasteiger partial charge >= 0.3 is 0 Å². The molecule has 2 N–H and O–H groups in total. The van der Waals surface area contributed by atoms with Crippen LogP contribution < -0.4 is 14.5 Å². The lowest BCUT2D eigenvalue weighted by molar-refractivity contribution is -0.937. The first kappa shape index (κ1) is 21.8. The third kappa shape index (κ3) is 5.57. The van der Waals surface area contributed by atoms with Crippen molar-refractivity contribution in [3.8, 4) is 0 Å². The van der Waals surface area contributed by atoms with Crippen molar-refractivity contribution in [1.82, 2.24) is 4.72 Å². The first-order valence-corrected chi connectivity index (χ1v) is 11.7. The van der Waals surface area contributed by atoms with E-state index in [2.05, 4.69) is 40.8 Å². The Balaban J connectivity index is 1.78. The molecule has 158 valence electrons. The molecule has 1 atom stereocenters. The summed E-state index contributed by atoms with van der Waals surface area (Å²) >= 11 is 0. The molecule has 0 radical (unpaired) electrons. The molecule has 0 aliphatic carbocycles. The van der Waals surface area contributed by atoms with Crippen molar-refractivity contribution in [3.05, 3.63) is 59.7 Å².